The lowest BCUT2D eigenvalue weighted by molar-refractivity contribution is 0.304. The number of sulfonamides is 1. The van der Waals surface area contributed by atoms with Crippen LogP contribution >= 0.6 is 0 Å². The van der Waals surface area contributed by atoms with Gasteiger partial charge in [-0.3, -0.25) is 0 Å². The first-order valence-corrected chi connectivity index (χ1v) is 9.74. The van der Waals surface area contributed by atoms with Gasteiger partial charge in [0.2, 0.25) is 0 Å². The number of hydrogen-bond donors (Lipinski definition) is 0. The molecule has 2 aromatic heterocycles. The highest BCUT2D eigenvalue weighted by atomic mass is 32.2. The number of aromatic nitrogens is 5. The van der Waals surface area contributed by atoms with Crippen molar-refractivity contribution >= 4 is 10.0 Å². The first-order chi connectivity index (χ1) is 11.8. The second kappa shape index (κ2) is 6.85. The Morgan fingerprint density at radius 1 is 1.28 bits per heavy atom. The van der Waals surface area contributed by atoms with E-state index in [-0.39, 0.29) is 10.9 Å². The van der Waals surface area contributed by atoms with Crippen LogP contribution in [0.1, 0.15) is 30.4 Å². The summed E-state index contributed by atoms with van der Waals surface area (Å²) in [5.74, 6) is 1.77. The zero-order valence-electron chi connectivity index (χ0n) is 15.1. The Kier molecular flexibility index (Phi) is 4.94. The molecular weight excluding hydrogens is 342 g/mol. The van der Waals surface area contributed by atoms with Gasteiger partial charge in [-0.1, -0.05) is 0 Å². The molecule has 9 nitrogen and oxygen atoms in total. The van der Waals surface area contributed by atoms with Gasteiger partial charge in [-0.2, -0.15) is 4.31 Å². The third-order valence-electron chi connectivity index (χ3n) is 4.49. The van der Waals surface area contributed by atoms with Crippen LogP contribution in [0, 0.1) is 0 Å². The first-order valence-electron chi connectivity index (χ1n) is 8.30. The van der Waals surface area contributed by atoms with Crippen LogP contribution < -0.4 is 0 Å². The molecule has 3 heterocycles. The molecule has 0 amide bonds. The second-order valence-electron chi connectivity index (χ2n) is 6.85. The summed E-state index contributed by atoms with van der Waals surface area (Å²) in [6.45, 7) is 1.62. The molecule has 0 bridgehead atoms. The highest BCUT2D eigenvalue weighted by Crippen LogP contribution is 2.29. The van der Waals surface area contributed by atoms with Gasteiger partial charge in [-0.15, -0.1) is 10.2 Å². The molecule has 138 valence electrons. The largest absolute Gasteiger partial charge is 0.339 e. The standard InChI is InChI=1S/C15H25N7O2S/c1-19(2)9-13-17-18-15(21(13)4)12-6-5-7-22(8-12)25(23,24)14-10-20(3)11-16-14/h10-12H,5-9H2,1-4H3/t12-/m0/s1. The number of nitrogens with zero attached hydrogens (tertiary/aromatic N) is 7. The summed E-state index contributed by atoms with van der Waals surface area (Å²) >= 11 is 0. The topological polar surface area (TPSA) is 89.2 Å². The van der Waals surface area contributed by atoms with E-state index in [0.29, 0.717) is 19.6 Å². The molecule has 1 saturated heterocycles. The minimum absolute atomic E-state index is 0.0423. The van der Waals surface area contributed by atoms with Crippen molar-refractivity contribution in [3.63, 3.8) is 0 Å². The Morgan fingerprint density at radius 3 is 2.68 bits per heavy atom. The number of rotatable bonds is 5. The number of piperidine rings is 1. The van der Waals surface area contributed by atoms with E-state index < -0.39 is 10.0 Å². The lowest BCUT2D eigenvalue weighted by Crippen LogP contribution is -2.39. The van der Waals surface area contributed by atoms with Gasteiger partial charge in [0, 0.05) is 39.3 Å². The third kappa shape index (κ3) is 3.60. The van der Waals surface area contributed by atoms with Gasteiger partial charge in [0.1, 0.15) is 11.6 Å². The highest BCUT2D eigenvalue weighted by Gasteiger charge is 2.34. The van der Waals surface area contributed by atoms with Crippen LogP contribution in [-0.4, -0.2) is 69.1 Å². The van der Waals surface area contributed by atoms with Gasteiger partial charge in [-0.05, 0) is 26.9 Å². The smallest absolute Gasteiger partial charge is 0.262 e. The van der Waals surface area contributed by atoms with Gasteiger partial charge in [-0.25, -0.2) is 13.4 Å². The molecule has 0 aliphatic carbocycles. The minimum Gasteiger partial charge on any atom is -0.339 e. The summed E-state index contributed by atoms with van der Waals surface area (Å²) < 4.78 is 30.8. The Morgan fingerprint density at radius 2 is 2.04 bits per heavy atom. The predicted molar refractivity (Wildman–Crippen MR) is 92.3 cm³/mol. The van der Waals surface area contributed by atoms with E-state index >= 15 is 0 Å². The van der Waals surface area contributed by atoms with E-state index in [1.165, 1.54) is 16.8 Å². The maximum Gasteiger partial charge on any atom is 0.262 e. The molecule has 1 aliphatic rings. The average Bonchev–Trinajstić information content (AvgIpc) is 3.14. The lowest BCUT2D eigenvalue weighted by Gasteiger charge is -2.30. The van der Waals surface area contributed by atoms with Gasteiger partial charge < -0.3 is 14.0 Å². The Labute approximate surface area is 148 Å². The molecule has 2 aromatic rings. The summed E-state index contributed by atoms with van der Waals surface area (Å²) in [4.78, 5) is 6.04. The van der Waals surface area contributed by atoms with Crippen LogP contribution in [0.4, 0.5) is 0 Å². The monoisotopic (exact) mass is 367 g/mol. The molecule has 10 heteroatoms. The number of hydrogen-bond acceptors (Lipinski definition) is 6. The lowest BCUT2D eigenvalue weighted by atomic mass is 9.99. The zero-order valence-corrected chi connectivity index (χ0v) is 15.9. The summed E-state index contributed by atoms with van der Waals surface area (Å²) in [6.07, 6.45) is 4.75. The van der Waals surface area contributed by atoms with E-state index in [9.17, 15) is 8.42 Å². The van der Waals surface area contributed by atoms with Crippen LogP contribution in [-0.2, 0) is 30.7 Å². The average molecular weight is 367 g/mol. The van der Waals surface area contributed by atoms with Crippen molar-refractivity contribution in [3.05, 3.63) is 24.2 Å². The predicted octanol–water partition coefficient (Wildman–Crippen LogP) is 0.179. The second-order valence-corrected chi connectivity index (χ2v) is 8.74. The van der Waals surface area contributed by atoms with Crippen LogP contribution in [0.2, 0.25) is 0 Å². The van der Waals surface area contributed by atoms with Crippen LogP contribution in [0.5, 0.6) is 0 Å². The Bertz CT molecular complexity index is 840. The molecule has 0 saturated carbocycles. The molecule has 3 rings (SSSR count). The summed E-state index contributed by atoms with van der Waals surface area (Å²) in [6, 6.07) is 0. The Hall–Kier alpha value is -1.78. The maximum absolute atomic E-state index is 12.8. The van der Waals surface area contributed by atoms with E-state index in [4.69, 9.17) is 0 Å². The molecule has 0 spiro atoms. The molecule has 1 atom stereocenters. The van der Waals surface area contributed by atoms with Crippen molar-refractivity contribution in [2.45, 2.75) is 30.3 Å². The number of aryl methyl sites for hydroxylation is 1. The van der Waals surface area contributed by atoms with Crippen molar-refractivity contribution in [2.75, 3.05) is 27.2 Å². The molecule has 0 aromatic carbocycles. The fourth-order valence-electron chi connectivity index (χ4n) is 3.18. The molecule has 0 N–H and O–H groups in total. The van der Waals surface area contributed by atoms with Crippen molar-refractivity contribution in [3.8, 4) is 0 Å². The van der Waals surface area contributed by atoms with Gasteiger partial charge in [0.05, 0.1) is 12.9 Å². The van der Waals surface area contributed by atoms with Crippen molar-refractivity contribution in [1.82, 2.24) is 33.5 Å². The SMILES string of the molecule is CN(C)Cc1nnc([C@H]2CCCN(S(=O)(=O)c3cn(C)cn3)C2)n1C. The molecule has 0 radical (unpaired) electrons. The van der Waals surface area contributed by atoms with E-state index in [2.05, 4.69) is 15.2 Å². The number of imidazole rings is 1. The summed E-state index contributed by atoms with van der Waals surface area (Å²) in [5.41, 5.74) is 0. The Balaban J connectivity index is 1.81. The molecule has 25 heavy (non-hydrogen) atoms. The fraction of sp³-hybridized carbons (Fsp3) is 0.667. The van der Waals surface area contributed by atoms with Crippen LogP contribution in [0.3, 0.4) is 0 Å². The van der Waals surface area contributed by atoms with Crippen LogP contribution in [0.15, 0.2) is 17.6 Å². The molecule has 1 fully saturated rings. The van der Waals surface area contributed by atoms with Crippen molar-refractivity contribution < 1.29 is 8.42 Å². The molecular formula is C15H25N7O2S. The summed E-state index contributed by atoms with van der Waals surface area (Å²) in [5, 5.41) is 8.70. The maximum atomic E-state index is 12.8. The van der Waals surface area contributed by atoms with Gasteiger partial charge >= 0.3 is 0 Å². The van der Waals surface area contributed by atoms with Gasteiger partial charge in [0.25, 0.3) is 10.0 Å². The highest BCUT2D eigenvalue weighted by molar-refractivity contribution is 7.89. The first kappa shape index (κ1) is 18.0. The minimum atomic E-state index is -3.57. The van der Waals surface area contributed by atoms with Gasteiger partial charge in [0.15, 0.2) is 5.03 Å². The van der Waals surface area contributed by atoms with E-state index in [0.717, 1.165) is 24.5 Å². The molecule has 1 aliphatic heterocycles. The normalized spacial score (nSPS) is 19.6. The van der Waals surface area contributed by atoms with Crippen LogP contribution in [0.25, 0.3) is 0 Å². The van der Waals surface area contributed by atoms with E-state index in [1.54, 1.807) is 11.6 Å². The zero-order chi connectivity index (χ0) is 18.2. The third-order valence-corrected chi connectivity index (χ3v) is 6.24. The van der Waals surface area contributed by atoms with Crippen molar-refractivity contribution in [1.29, 1.82) is 0 Å². The fourth-order valence-corrected chi connectivity index (χ4v) is 4.67. The molecule has 0 unspecified atom stereocenters. The summed E-state index contributed by atoms with van der Waals surface area (Å²) in [7, 11) is 4.10. The van der Waals surface area contributed by atoms with Crippen molar-refractivity contribution in [2.24, 2.45) is 14.1 Å². The quantitative estimate of drug-likeness (QED) is 0.749. The van der Waals surface area contributed by atoms with E-state index in [1.807, 2.05) is 30.6 Å².